The molecule has 7 nitrogen and oxygen atoms in total. The lowest BCUT2D eigenvalue weighted by molar-refractivity contribution is -0.136. The molecule has 3 aliphatic rings. The third-order valence-corrected chi connectivity index (χ3v) is 6.57. The third-order valence-electron chi connectivity index (χ3n) is 5.68. The van der Waals surface area contributed by atoms with Crippen LogP contribution in [0.5, 0.6) is 0 Å². The lowest BCUT2D eigenvalue weighted by atomic mass is 9.92. The lowest BCUT2D eigenvalue weighted by Gasteiger charge is -2.37. The molecule has 4 rings (SSSR count). The number of allylic oxidation sites excluding steroid dienone is 1. The summed E-state index contributed by atoms with van der Waals surface area (Å²) in [6.45, 7) is 6.36. The van der Waals surface area contributed by atoms with E-state index in [1.54, 1.807) is 0 Å². The molecule has 0 radical (unpaired) electrons. The minimum Gasteiger partial charge on any atom is -0.466 e. The summed E-state index contributed by atoms with van der Waals surface area (Å²) in [6.07, 6.45) is 0.872. The van der Waals surface area contributed by atoms with E-state index in [-0.39, 0.29) is 24.3 Å². The molecule has 0 N–H and O–H groups in total. The molecule has 0 saturated carbocycles. The Bertz CT molecular complexity index is 979. The summed E-state index contributed by atoms with van der Waals surface area (Å²) in [5, 5.41) is 2.77. The highest BCUT2D eigenvalue weighted by Gasteiger charge is 2.41. The SMILES string of the molecule is CCC1=C(C(=O)OC)[C@@H](c2cccc(C)c2)N2C(CC(=O)N3CCOCC3)=CSC2=N1. The first-order chi connectivity index (χ1) is 15.0. The molecule has 1 saturated heterocycles. The van der Waals surface area contributed by atoms with Crippen molar-refractivity contribution >= 4 is 28.8 Å². The monoisotopic (exact) mass is 441 g/mol. The number of amidine groups is 1. The van der Waals surface area contributed by atoms with E-state index >= 15 is 0 Å². The first-order valence-corrected chi connectivity index (χ1v) is 11.4. The summed E-state index contributed by atoms with van der Waals surface area (Å²) in [7, 11) is 1.40. The van der Waals surface area contributed by atoms with Crippen molar-refractivity contribution < 1.29 is 19.1 Å². The Morgan fingerprint density at radius 3 is 2.74 bits per heavy atom. The number of hydrogen-bond donors (Lipinski definition) is 0. The largest absolute Gasteiger partial charge is 0.466 e. The molecule has 164 valence electrons. The fourth-order valence-corrected chi connectivity index (χ4v) is 5.08. The van der Waals surface area contributed by atoms with Crippen molar-refractivity contribution in [1.82, 2.24) is 9.80 Å². The van der Waals surface area contributed by atoms with Gasteiger partial charge >= 0.3 is 5.97 Å². The molecule has 8 heteroatoms. The van der Waals surface area contributed by atoms with Crippen LogP contribution in [0.4, 0.5) is 0 Å². The summed E-state index contributed by atoms with van der Waals surface area (Å²) in [4.78, 5) is 34.5. The van der Waals surface area contributed by atoms with Crippen LogP contribution < -0.4 is 0 Å². The molecule has 1 fully saturated rings. The van der Waals surface area contributed by atoms with Gasteiger partial charge in [-0.25, -0.2) is 9.79 Å². The number of morpholine rings is 1. The van der Waals surface area contributed by atoms with E-state index in [2.05, 4.69) is 6.07 Å². The zero-order valence-corrected chi connectivity index (χ0v) is 18.9. The molecule has 1 aromatic rings. The molecule has 0 aliphatic carbocycles. The number of nitrogens with zero attached hydrogens (tertiary/aromatic N) is 3. The van der Waals surface area contributed by atoms with E-state index in [1.165, 1.54) is 18.9 Å². The topological polar surface area (TPSA) is 71.4 Å². The predicted molar refractivity (Wildman–Crippen MR) is 120 cm³/mol. The number of methoxy groups -OCH3 is 1. The standard InChI is InChI=1S/C23H27N3O4S/c1-4-18-20(22(28)29-3)21(16-7-5-6-15(2)12-16)26-17(14-31-23(26)24-18)13-19(27)25-8-10-30-11-9-25/h5-7,12,14,21H,4,8-11,13H2,1-3H3/t21-/m1/s1. The van der Waals surface area contributed by atoms with Crippen LogP contribution in [-0.2, 0) is 19.1 Å². The number of thioether (sulfide) groups is 1. The molecule has 0 spiro atoms. The lowest BCUT2D eigenvalue weighted by Crippen LogP contribution is -2.42. The van der Waals surface area contributed by atoms with Crippen molar-refractivity contribution in [3.8, 4) is 0 Å². The van der Waals surface area contributed by atoms with Crippen molar-refractivity contribution in [2.45, 2.75) is 32.7 Å². The summed E-state index contributed by atoms with van der Waals surface area (Å²) >= 11 is 1.50. The first kappa shape index (κ1) is 21.6. The van der Waals surface area contributed by atoms with Crippen LogP contribution in [0.1, 0.15) is 36.9 Å². The Morgan fingerprint density at radius 2 is 2.06 bits per heavy atom. The Kier molecular flexibility index (Phi) is 6.48. The maximum Gasteiger partial charge on any atom is 0.338 e. The molecular formula is C23H27N3O4S. The van der Waals surface area contributed by atoms with Crippen LogP contribution in [0.25, 0.3) is 0 Å². The maximum atomic E-state index is 13.0. The Labute approximate surface area is 186 Å². The minimum absolute atomic E-state index is 0.0595. The molecule has 0 aromatic heterocycles. The molecule has 0 bridgehead atoms. The quantitative estimate of drug-likeness (QED) is 0.653. The number of hydrogen-bond acceptors (Lipinski definition) is 7. The fraction of sp³-hybridized carbons (Fsp3) is 0.435. The van der Waals surface area contributed by atoms with Gasteiger partial charge in [-0.2, -0.15) is 0 Å². The third kappa shape index (κ3) is 4.27. The van der Waals surface area contributed by atoms with E-state index in [4.69, 9.17) is 14.5 Å². The van der Waals surface area contributed by atoms with Crippen LogP contribution in [-0.4, -0.2) is 60.3 Å². The van der Waals surface area contributed by atoms with Gasteiger partial charge in [0.15, 0.2) is 5.17 Å². The zero-order valence-electron chi connectivity index (χ0n) is 18.1. The van der Waals surface area contributed by atoms with Crippen LogP contribution in [0.3, 0.4) is 0 Å². The maximum absolute atomic E-state index is 13.0. The zero-order chi connectivity index (χ0) is 22.0. The van der Waals surface area contributed by atoms with Crippen molar-refractivity contribution in [1.29, 1.82) is 0 Å². The Balaban J connectivity index is 1.72. The van der Waals surface area contributed by atoms with Crippen LogP contribution in [0, 0.1) is 6.92 Å². The van der Waals surface area contributed by atoms with E-state index in [0.29, 0.717) is 38.3 Å². The van der Waals surface area contributed by atoms with Gasteiger partial charge in [0.1, 0.15) is 0 Å². The first-order valence-electron chi connectivity index (χ1n) is 10.5. The number of fused-ring (bicyclic) bond motifs is 1. The van der Waals surface area contributed by atoms with Gasteiger partial charge in [0.25, 0.3) is 0 Å². The molecule has 3 aliphatic heterocycles. The summed E-state index contributed by atoms with van der Waals surface area (Å²) in [6, 6.07) is 7.73. The molecule has 1 amide bonds. The van der Waals surface area contributed by atoms with Gasteiger partial charge in [-0.05, 0) is 24.3 Å². The Hall–Kier alpha value is -2.58. The number of esters is 1. The second-order valence-corrected chi connectivity index (χ2v) is 8.52. The van der Waals surface area contributed by atoms with E-state index in [9.17, 15) is 9.59 Å². The predicted octanol–water partition coefficient (Wildman–Crippen LogP) is 3.38. The van der Waals surface area contributed by atoms with Crippen LogP contribution in [0.2, 0.25) is 0 Å². The molecule has 3 heterocycles. The molecule has 0 unspecified atom stereocenters. The highest BCUT2D eigenvalue weighted by atomic mass is 32.2. The van der Waals surface area contributed by atoms with E-state index in [1.807, 2.05) is 47.3 Å². The molecule has 1 aromatic carbocycles. The minimum atomic E-state index is -0.387. The number of rotatable bonds is 5. The Morgan fingerprint density at radius 1 is 1.29 bits per heavy atom. The number of aliphatic imine (C=N–C) groups is 1. The van der Waals surface area contributed by atoms with Crippen LogP contribution >= 0.6 is 11.8 Å². The van der Waals surface area contributed by atoms with Gasteiger partial charge in [0, 0.05) is 18.8 Å². The van der Waals surface area contributed by atoms with Crippen molar-refractivity contribution in [3.05, 3.63) is 57.8 Å². The number of benzene rings is 1. The normalized spacial score (nSPS) is 20.9. The number of amides is 1. The second kappa shape index (κ2) is 9.28. The summed E-state index contributed by atoms with van der Waals surface area (Å²) in [5.41, 5.74) is 4.19. The fourth-order valence-electron chi connectivity index (χ4n) is 4.15. The van der Waals surface area contributed by atoms with Crippen molar-refractivity contribution in [3.63, 3.8) is 0 Å². The van der Waals surface area contributed by atoms with Crippen LogP contribution in [0.15, 0.2) is 51.6 Å². The smallest absolute Gasteiger partial charge is 0.338 e. The highest BCUT2D eigenvalue weighted by Crippen LogP contribution is 2.45. The van der Waals surface area contributed by atoms with Gasteiger partial charge in [0.2, 0.25) is 5.91 Å². The van der Waals surface area contributed by atoms with E-state index < -0.39 is 0 Å². The van der Waals surface area contributed by atoms with Gasteiger partial charge in [-0.1, -0.05) is 48.5 Å². The van der Waals surface area contributed by atoms with E-state index in [0.717, 1.165) is 27.7 Å². The molecule has 1 atom stereocenters. The number of aryl methyl sites for hydroxylation is 1. The summed E-state index contributed by atoms with van der Waals surface area (Å²) < 4.78 is 10.5. The average Bonchev–Trinajstić information content (AvgIpc) is 3.19. The number of carbonyl (C=O) groups excluding carboxylic acids is 2. The van der Waals surface area contributed by atoms with Gasteiger partial charge < -0.3 is 19.3 Å². The molecular weight excluding hydrogens is 414 g/mol. The van der Waals surface area contributed by atoms with Gasteiger partial charge in [-0.15, -0.1) is 0 Å². The van der Waals surface area contributed by atoms with Gasteiger partial charge in [-0.3, -0.25) is 4.79 Å². The number of carbonyl (C=O) groups is 2. The number of ether oxygens (including phenoxy) is 2. The van der Waals surface area contributed by atoms with Crippen molar-refractivity contribution in [2.75, 3.05) is 33.4 Å². The second-order valence-electron chi connectivity index (χ2n) is 7.68. The summed E-state index contributed by atoms with van der Waals surface area (Å²) in [5.74, 6) is -0.328. The highest BCUT2D eigenvalue weighted by molar-refractivity contribution is 8.16. The molecule has 31 heavy (non-hydrogen) atoms. The average molecular weight is 442 g/mol. The van der Waals surface area contributed by atoms with Gasteiger partial charge in [0.05, 0.1) is 44.1 Å². The van der Waals surface area contributed by atoms with Crippen molar-refractivity contribution in [2.24, 2.45) is 4.99 Å².